The van der Waals surface area contributed by atoms with Gasteiger partial charge in [0, 0.05) is 26.2 Å². The molecule has 2 heterocycles. The first-order chi connectivity index (χ1) is 9.45. The van der Waals surface area contributed by atoms with Gasteiger partial charge in [0.2, 0.25) is 10.0 Å². The van der Waals surface area contributed by atoms with Crippen LogP contribution in [0.5, 0.6) is 0 Å². The Morgan fingerprint density at radius 2 is 2.10 bits per heavy atom. The van der Waals surface area contributed by atoms with Crippen molar-refractivity contribution in [1.29, 1.82) is 0 Å². The zero-order chi connectivity index (χ0) is 14.8. The van der Waals surface area contributed by atoms with Crippen LogP contribution in [-0.4, -0.2) is 50.8 Å². The van der Waals surface area contributed by atoms with Crippen LogP contribution < -0.4 is 5.73 Å². The Balaban J connectivity index is 2.05. The highest BCUT2D eigenvalue weighted by Gasteiger charge is 2.27. The van der Waals surface area contributed by atoms with E-state index in [1.165, 1.54) is 23.2 Å². The van der Waals surface area contributed by atoms with Crippen molar-refractivity contribution in [2.24, 2.45) is 5.73 Å². The number of sulfonamides is 1. The van der Waals surface area contributed by atoms with Crippen LogP contribution in [0.25, 0.3) is 0 Å². The van der Waals surface area contributed by atoms with E-state index < -0.39 is 10.0 Å². The first-order valence-electron chi connectivity index (χ1n) is 6.62. The van der Waals surface area contributed by atoms with Crippen LogP contribution in [0.3, 0.4) is 0 Å². The molecule has 1 aromatic rings. The Morgan fingerprint density at radius 3 is 2.65 bits per heavy atom. The fourth-order valence-corrected chi connectivity index (χ4v) is 4.37. The molecule has 0 amide bonds. The Morgan fingerprint density at radius 1 is 1.45 bits per heavy atom. The first-order valence-corrected chi connectivity index (χ1v) is 8.85. The van der Waals surface area contributed by atoms with E-state index in [-0.39, 0.29) is 16.1 Å². The molecule has 0 saturated carbocycles. The number of furan rings is 1. The number of nitrogens with zero attached hydrogens (tertiary/aromatic N) is 2. The number of rotatable bonds is 6. The number of likely N-dealkylation sites (N-methyl/N-ethyl adjacent to an activating group) is 1. The molecule has 0 bridgehead atoms. The minimum atomic E-state index is -3.54. The van der Waals surface area contributed by atoms with Gasteiger partial charge in [-0.1, -0.05) is 0 Å². The van der Waals surface area contributed by atoms with Crippen molar-refractivity contribution in [3.63, 3.8) is 0 Å². The van der Waals surface area contributed by atoms with E-state index >= 15 is 0 Å². The van der Waals surface area contributed by atoms with E-state index in [9.17, 15) is 8.42 Å². The molecule has 20 heavy (non-hydrogen) atoms. The lowest BCUT2D eigenvalue weighted by molar-refractivity contribution is 0.310. The standard InChI is InChI=1S/C12H20BrN3O3S/c1-15(6-7-16-4-2-3-5-16)20(17,18)11-8-10(9-14)19-12(11)13/h8H,2-7,9,14H2,1H3. The summed E-state index contributed by atoms with van der Waals surface area (Å²) in [7, 11) is -1.95. The largest absolute Gasteiger partial charge is 0.452 e. The number of hydrogen-bond donors (Lipinski definition) is 1. The van der Waals surface area contributed by atoms with E-state index in [1.54, 1.807) is 7.05 Å². The fraction of sp³-hybridized carbons (Fsp3) is 0.667. The summed E-state index contributed by atoms with van der Waals surface area (Å²) in [5.41, 5.74) is 5.46. The highest BCUT2D eigenvalue weighted by atomic mass is 79.9. The highest BCUT2D eigenvalue weighted by molar-refractivity contribution is 9.10. The molecule has 114 valence electrons. The lowest BCUT2D eigenvalue weighted by Gasteiger charge is -2.20. The van der Waals surface area contributed by atoms with Crippen molar-refractivity contribution in [2.45, 2.75) is 24.3 Å². The lowest BCUT2D eigenvalue weighted by atomic mass is 10.4. The first kappa shape index (κ1) is 16.0. The molecule has 1 fully saturated rings. The molecule has 1 aliphatic heterocycles. The van der Waals surface area contributed by atoms with Crippen molar-refractivity contribution in [2.75, 3.05) is 33.2 Å². The summed E-state index contributed by atoms with van der Waals surface area (Å²) in [4.78, 5) is 2.42. The maximum atomic E-state index is 12.5. The fourth-order valence-electron chi connectivity index (χ4n) is 2.25. The average molecular weight is 366 g/mol. The summed E-state index contributed by atoms with van der Waals surface area (Å²) in [6.45, 7) is 3.51. The van der Waals surface area contributed by atoms with Gasteiger partial charge in [-0.15, -0.1) is 0 Å². The zero-order valence-electron chi connectivity index (χ0n) is 11.5. The van der Waals surface area contributed by atoms with Gasteiger partial charge in [0.15, 0.2) is 4.67 Å². The molecular formula is C12H20BrN3O3S. The van der Waals surface area contributed by atoms with Crippen molar-refractivity contribution < 1.29 is 12.8 Å². The molecule has 0 radical (unpaired) electrons. The van der Waals surface area contributed by atoms with Crippen LogP contribution in [0.2, 0.25) is 0 Å². The third-order valence-electron chi connectivity index (χ3n) is 3.53. The molecule has 0 atom stereocenters. The lowest BCUT2D eigenvalue weighted by Crippen LogP contribution is -2.35. The van der Waals surface area contributed by atoms with Crippen LogP contribution in [0, 0.1) is 0 Å². The summed E-state index contributed by atoms with van der Waals surface area (Å²) >= 11 is 3.14. The van der Waals surface area contributed by atoms with Gasteiger partial charge >= 0.3 is 0 Å². The predicted molar refractivity (Wildman–Crippen MR) is 79.8 cm³/mol. The van der Waals surface area contributed by atoms with Crippen LogP contribution in [-0.2, 0) is 16.6 Å². The third-order valence-corrected chi connectivity index (χ3v) is 6.24. The van der Waals surface area contributed by atoms with Crippen molar-refractivity contribution in [1.82, 2.24) is 9.21 Å². The maximum Gasteiger partial charge on any atom is 0.247 e. The molecule has 0 aliphatic carbocycles. The van der Waals surface area contributed by atoms with Crippen LogP contribution in [0.15, 0.2) is 20.0 Å². The molecule has 8 heteroatoms. The molecule has 1 aliphatic rings. The molecule has 0 unspecified atom stereocenters. The maximum absolute atomic E-state index is 12.5. The van der Waals surface area contributed by atoms with E-state index in [0.717, 1.165) is 19.6 Å². The highest BCUT2D eigenvalue weighted by Crippen LogP contribution is 2.28. The average Bonchev–Trinajstić information content (AvgIpc) is 3.04. The van der Waals surface area contributed by atoms with Gasteiger partial charge in [-0.25, -0.2) is 8.42 Å². The molecule has 0 aromatic carbocycles. The van der Waals surface area contributed by atoms with Gasteiger partial charge in [-0.05, 0) is 41.9 Å². The Labute approximate surface area is 128 Å². The van der Waals surface area contributed by atoms with E-state index in [4.69, 9.17) is 10.2 Å². The van der Waals surface area contributed by atoms with Gasteiger partial charge < -0.3 is 15.1 Å². The molecule has 6 nitrogen and oxygen atoms in total. The molecule has 1 aromatic heterocycles. The van der Waals surface area contributed by atoms with E-state index in [1.807, 2.05) is 0 Å². The monoisotopic (exact) mass is 365 g/mol. The van der Waals surface area contributed by atoms with Gasteiger partial charge in [0.05, 0.1) is 6.54 Å². The summed E-state index contributed by atoms with van der Waals surface area (Å²) in [5, 5.41) is 0. The Kier molecular flexibility index (Phi) is 5.25. The van der Waals surface area contributed by atoms with E-state index in [2.05, 4.69) is 20.8 Å². The van der Waals surface area contributed by atoms with Crippen LogP contribution >= 0.6 is 15.9 Å². The normalized spacial score (nSPS) is 17.2. The summed E-state index contributed by atoms with van der Waals surface area (Å²) in [6, 6.07) is 1.48. The molecule has 2 N–H and O–H groups in total. The van der Waals surface area contributed by atoms with Crippen LogP contribution in [0.4, 0.5) is 0 Å². The molecule has 2 rings (SSSR count). The predicted octanol–water partition coefficient (Wildman–Crippen LogP) is 1.22. The van der Waals surface area contributed by atoms with Gasteiger partial charge in [0.1, 0.15) is 10.7 Å². The van der Waals surface area contributed by atoms with Crippen molar-refractivity contribution in [3.05, 3.63) is 16.5 Å². The van der Waals surface area contributed by atoms with Crippen molar-refractivity contribution >= 4 is 26.0 Å². The van der Waals surface area contributed by atoms with E-state index in [0.29, 0.717) is 12.3 Å². The Bertz CT molecular complexity index is 552. The number of hydrogen-bond acceptors (Lipinski definition) is 5. The second-order valence-electron chi connectivity index (χ2n) is 4.93. The second kappa shape index (κ2) is 6.57. The SMILES string of the molecule is CN(CCN1CCCC1)S(=O)(=O)c1cc(CN)oc1Br. The summed E-state index contributed by atoms with van der Waals surface area (Å²) in [5.74, 6) is 0.448. The second-order valence-corrected chi connectivity index (χ2v) is 7.66. The van der Waals surface area contributed by atoms with Crippen LogP contribution in [0.1, 0.15) is 18.6 Å². The van der Waals surface area contributed by atoms with Gasteiger partial charge in [-0.3, -0.25) is 0 Å². The summed E-state index contributed by atoms with van der Waals surface area (Å²) < 4.78 is 31.8. The quantitative estimate of drug-likeness (QED) is 0.819. The number of halogens is 1. The van der Waals surface area contributed by atoms with Gasteiger partial charge in [0.25, 0.3) is 0 Å². The van der Waals surface area contributed by atoms with Crippen molar-refractivity contribution in [3.8, 4) is 0 Å². The Hall–Kier alpha value is -0.410. The number of nitrogens with two attached hydrogens (primary N) is 1. The molecule has 1 saturated heterocycles. The zero-order valence-corrected chi connectivity index (χ0v) is 13.9. The minimum absolute atomic E-state index is 0.141. The molecular weight excluding hydrogens is 346 g/mol. The molecule has 0 spiro atoms. The third kappa shape index (κ3) is 3.43. The smallest absolute Gasteiger partial charge is 0.247 e. The summed E-state index contributed by atoms with van der Waals surface area (Å²) in [6.07, 6.45) is 2.40. The minimum Gasteiger partial charge on any atom is -0.452 e. The number of likely N-dealkylation sites (tertiary alicyclic amines) is 1. The topological polar surface area (TPSA) is 79.8 Å². The van der Waals surface area contributed by atoms with Gasteiger partial charge in [-0.2, -0.15) is 4.31 Å².